The number of likely N-dealkylation sites (N-methyl/N-ethyl adjacent to an activating group) is 1. The molecule has 4 heteroatoms. The minimum Gasteiger partial charge on any atom is -0.324 e. The summed E-state index contributed by atoms with van der Waals surface area (Å²) in [6.45, 7) is 0. The van der Waals surface area contributed by atoms with Gasteiger partial charge in [0, 0.05) is 18.8 Å². The van der Waals surface area contributed by atoms with Crippen LogP contribution >= 0.6 is 0 Å². The molecule has 2 aromatic rings. The molecule has 3 rings (SSSR count). The third-order valence-electron chi connectivity index (χ3n) is 3.95. The maximum Gasteiger partial charge on any atom is 0.231 e. The zero-order valence-corrected chi connectivity index (χ0v) is 11.8. The monoisotopic (exact) mass is 284 g/mol. The second-order valence-corrected chi connectivity index (χ2v) is 5.46. The number of benzene rings is 2. The molecule has 1 unspecified atom stereocenters. The second kappa shape index (κ2) is 5.30. The van der Waals surface area contributed by atoms with Gasteiger partial charge in [0.15, 0.2) is 0 Å². The van der Waals surface area contributed by atoms with Crippen LogP contribution < -0.4 is 10.6 Å². The highest BCUT2D eigenvalue weighted by Gasteiger charge is 2.24. The standard InChI is InChI=1S/C17H17FN2O/c1-20-16-6-5-12(9-13(16)10-17(20)21)15(19)8-11-3-2-4-14(18)7-11/h2-7,9,15H,8,10,19H2,1H3. The summed E-state index contributed by atoms with van der Waals surface area (Å²) in [6.07, 6.45) is 0.993. The summed E-state index contributed by atoms with van der Waals surface area (Å²) in [5.41, 5.74) is 10.0. The lowest BCUT2D eigenvalue weighted by molar-refractivity contribution is -0.117. The Morgan fingerprint density at radius 3 is 2.86 bits per heavy atom. The number of anilines is 1. The van der Waals surface area contributed by atoms with Crippen LogP contribution in [0.1, 0.15) is 22.7 Å². The summed E-state index contributed by atoms with van der Waals surface area (Å²) < 4.78 is 13.2. The Labute approximate surface area is 123 Å². The Balaban J connectivity index is 1.81. The van der Waals surface area contributed by atoms with Gasteiger partial charge >= 0.3 is 0 Å². The van der Waals surface area contributed by atoms with E-state index in [1.807, 2.05) is 24.3 Å². The Morgan fingerprint density at radius 2 is 2.10 bits per heavy atom. The maximum absolute atomic E-state index is 13.2. The molecule has 1 amide bonds. The largest absolute Gasteiger partial charge is 0.324 e. The number of fused-ring (bicyclic) bond motifs is 1. The molecular weight excluding hydrogens is 267 g/mol. The number of halogens is 1. The fourth-order valence-electron chi connectivity index (χ4n) is 2.76. The number of rotatable bonds is 3. The maximum atomic E-state index is 13.2. The van der Waals surface area contributed by atoms with Crippen LogP contribution in [0.15, 0.2) is 42.5 Å². The first-order valence-corrected chi connectivity index (χ1v) is 6.94. The Kier molecular flexibility index (Phi) is 3.47. The van der Waals surface area contributed by atoms with E-state index in [1.54, 1.807) is 18.0 Å². The molecular formula is C17H17FN2O. The summed E-state index contributed by atoms with van der Waals surface area (Å²) in [5.74, 6) is -0.151. The summed E-state index contributed by atoms with van der Waals surface area (Å²) >= 11 is 0. The van der Waals surface area contributed by atoms with Gasteiger partial charge in [-0.2, -0.15) is 0 Å². The molecule has 1 aliphatic rings. The molecule has 1 heterocycles. The summed E-state index contributed by atoms with van der Waals surface area (Å²) in [7, 11) is 1.78. The van der Waals surface area contributed by atoms with E-state index < -0.39 is 0 Å². The summed E-state index contributed by atoms with van der Waals surface area (Å²) in [6, 6.07) is 12.1. The van der Waals surface area contributed by atoms with Gasteiger partial charge < -0.3 is 10.6 Å². The van der Waals surface area contributed by atoms with E-state index in [4.69, 9.17) is 5.73 Å². The number of carbonyl (C=O) groups excluding carboxylic acids is 1. The molecule has 0 aliphatic carbocycles. The molecule has 0 fully saturated rings. The van der Waals surface area contributed by atoms with Gasteiger partial charge in [0.1, 0.15) is 5.82 Å². The number of amides is 1. The molecule has 1 aliphatic heterocycles. The number of nitrogens with zero attached hydrogens (tertiary/aromatic N) is 1. The van der Waals surface area contributed by atoms with E-state index >= 15 is 0 Å². The highest BCUT2D eigenvalue weighted by Crippen LogP contribution is 2.30. The fourth-order valence-corrected chi connectivity index (χ4v) is 2.76. The molecule has 3 nitrogen and oxygen atoms in total. The van der Waals surface area contributed by atoms with E-state index in [2.05, 4.69) is 0 Å². The number of hydrogen-bond donors (Lipinski definition) is 1. The van der Waals surface area contributed by atoms with E-state index in [0.717, 1.165) is 22.4 Å². The van der Waals surface area contributed by atoms with Crippen molar-refractivity contribution < 1.29 is 9.18 Å². The van der Waals surface area contributed by atoms with Crippen molar-refractivity contribution >= 4 is 11.6 Å². The number of carbonyl (C=O) groups is 1. The molecule has 21 heavy (non-hydrogen) atoms. The van der Waals surface area contributed by atoms with Crippen molar-refractivity contribution in [3.05, 3.63) is 65.0 Å². The van der Waals surface area contributed by atoms with Crippen molar-refractivity contribution in [2.45, 2.75) is 18.9 Å². The predicted molar refractivity (Wildman–Crippen MR) is 80.6 cm³/mol. The first-order chi connectivity index (χ1) is 10.0. The third kappa shape index (κ3) is 2.67. The van der Waals surface area contributed by atoms with Crippen LogP contribution in [0.2, 0.25) is 0 Å². The van der Waals surface area contributed by atoms with Crippen molar-refractivity contribution in [1.29, 1.82) is 0 Å². The van der Waals surface area contributed by atoms with E-state index in [-0.39, 0.29) is 17.8 Å². The van der Waals surface area contributed by atoms with Crippen LogP contribution in [0.4, 0.5) is 10.1 Å². The van der Waals surface area contributed by atoms with Gasteiger partial charge in [-0.3, -0.25) is 4.79 Å². The first-order valence-electron chi connectivity index (χ1n) is 6.94. The highest BCUT2D eigenvalue weighted by atomic mass is 19.1. The van der Waals surface area contributed by atoms with Gasteiger partial charge in [0.2, 0.25) is 5.91 Å². The second-order valence-electron chi connectivity index (χ2n) is 5.46. The van der Waals surface area contributed by atoms with Crippen molar-refractivity contribution in [3.63, 3.8) is 0 Å². The first kappa shape index (κ1) is 13.8. The lowest BCUT2D eigenvalue weighted by Crippen LogP contribution is -2.20. The third-order valence-corrected chi connectivity index (χ3v) is 3.95. The summed E-state index contributed by atoms with van der Waals surface area (Å²) in [5, 5.41) is 0. The highest BCUT2D eigenvalue weighted by molar-refractivity contribution is 6.00. The molecule has 0 radical (unpaired) electrons. The summed E-state index contributed by atoms with van der Waals surface area (Å²) in [4.78, 5) is 13.4. The lowest BCUT2D eigenvalue weighted by atomic mass is 9.97. The van der Waals surface area contributed by atoms with Crippen LogP contribution in [0.5, 0.6) is 0 Å². The Bertz CT molecular complexity index is 699. The fraction of sp³-hybridized carbons (Fsp3) is 0.235. The van der Waals surface area contributed by atoms with Gasteiger partial charge in [0.25, 0.3) is 0 Å². The zero-order valence-electron chi connectivity index (χ0n) is 11.8. The molecule has 1 atom stereocenters. The van der Waals surface area contributed by atoms with Crippen LogP contribution in [-0.2, 0) is 17.6 Å². The number of nitrogens with two attached hydrogens (primary N) is 1. The molecule has 0 aromatic heterocycles. The predicted octanol–water partition coefficient (Wildman–Crippen LogP) is 2.59. The van der Waals surface area contributed by atoms with Crippen LogP contribution in [-0.4, -0.2) is 13.0 Å². The van der Waals surface area contributed by atoms with Crippen molar-refractivity contribution in [3.8, 4) is 0 Å². The lowest BCUT2D eigenvalue weighted by Gasteiger charge is -2.15. The molecule has 0 saturated carbocycles. The zero-order chi connectivity index (χ0) is 15.0. The number of hydrogen-bond acceptors (Lipinski definition) is 2. The van der Waals surface area contributed by atoms with Gasteiger partial charge in [-0.05, 0) is 41.3 Å². The topological polar surface area (TPSA) is 46.3 Å². The molecule has 2 aromatic carbocycles. The quantitative estimate of drug-likeness (QED) is 0.941. The average molecular weight is 284 g/mol. The van der Waals surface area contributed by atoms with Gasteiger partial charge in [-0.1, -0.05) is 24.3 Å². The van der Waals surface area contributed by atoms with Gasteiger partial charge in [-0.25, -0.2) is 4.39 Å². The van der Waals surface area contributed by atoms with Crippen LogP contribution in [0.25, 0.3) is 0 Å². The van der Waals surface area contributed by atoms with Gasteiger partial charge in [-0.15, -0.1) is 0 Å². The molecule has 0 bridgehead atoms. The molecule has 0 saturated heterocycles. The van der Waals surface area contributed by atoms with E-state index in [9.17, 15) is 9.18 Å². The van der Waals surface area contributed by atoms with E-state index in [1.165, 1.54) is 12.1 Å². The molecule has 2 N–H and O–H groups in total. The van der Waals surface area contributed by atoms with Gasteiger partial charge in [0.05, 0.1) is 6.42 Å². The average Bonchev–Trinajstić information content (AvgIpc) is 2.73. The smallest absolute Gasteiger partial charge is 0.231 e. The van der Waals surface area contributed by atoms with Crippen LogP contribution in [0.3, 0.4) is 0 Å². The molecule has 108 valence electrons. The van der Waals surface area contributed by atoms with Crippen molar-refractivity contribution in [2.24, 2.45) is 5.73 Å². The van der Waals surface area contributed by atoms with Crippen LogP contribution in [0, 0.1) is 5.82 Å². The molecule has 0 spiro atoms. The van der Waals surface area contributed by atoms with Crippen molar-refractivity contribution in [1.82, 2.24) is 0 Å². The van der Waals surface area contributed by atoms with E-state index in [0.29, 0.717) is 12.8 Å². The normalized spacial score (nSPS) is 15.2. The Morgan fingerprint density at radius 1 is 1.29 bits per heavy atom. The minimum atomic E-state index is -0.249. The minimum absolute atomic E-state index is 0.0980. The Hall–Kier alpha value is -2.20. The SMILES string of the molecule is CN1C(=O)Cc2cc(C(N)Cc3cccc(F)c3)ccc21. The van der Waals surface area contributed by atoms with Crippen molar-refractivity contribution in [2.75, 3.05) is 11.9 Å².